The molecular formula is C19H31N4O3+. The van der Waals surface area contributed by atoms with E-state index in [2.05, 4.69) is 16.0 Å². The first kappa shape index (κ1) is 18.8. The Hall–Kier alpha value is -2.02. The predicted octanol–water partition coefficient (Wildman–Crippen LogP) is 0.575. The molecule has 7 nitrogen and oxygen atoms in total. The van der Waals surface area contributed by atoms with Gasteiger partial charge in [0, 0.05) is 24.9 Å². The van der Waals surface area contributed by atoms with Crippen LogP contribution in [0.15, 0.2) is 22.8 Å². The van der Waals surface area contributed by atoms with Crippen LogP contribution in [0.4, 0.5) is 4.79 Å². The zero-order chi connectivity index (χ0) is 18.2. The number of rotatable bonds is 6. The van der Waals surface area contributed by atoms with E-state index >= 15 is 0 Å². The van der Waals surface area contributed by atoms with Crippen LogP contribution in [0.5, 0.6) is 0 Å². The molecule has 144 valence electrons. The van der Waals surface area contributed by atoms with Gasteiger partial charge in [-0.2, -0.15) is 0 Å². The minimum atomic E-state index is -0.0264. The predicted molar refractivity (Wildman–Crippen MR) is 97.7 cm³/mol. The number of piperidine rings is 1. The van der Waals surface area contributed by atoms with Crippen LogP contribution in [0.3, 0.4) is 0 Å². The van der Waals surface area contributed by atoms with Crippen molar-refractivity contribution in [2.75, 3.05) is 19.6 Å². The van der Waals surface area contributed by atoms with Gasteiger partial charge in [-0.1, -0.05) is 19.3 Å². The average molecular weight is 363 g/mol. The molecule has 1 aromatic rings. The Morgan fingerprint density at radius 2 is 1.73 bits per heavy atom. The molecule has 0 bridgehead atoms. The van der Waals surface area contributed by atoms with Crippen LogP contribution < -0.4 is 20.9 Å². The lowest BCUT2D eigenvalue weighted by molar-refractivity contribution is -0.897. The van der Waals surface area contributed by atoms with E-state index in [4.69, 9.17) is 4.42 Å². The van der Waals surface area contributed by atoms with Gasteiger partial charge in [-0.15, -0.1) is 0 Å². The van der Waals surface area contributed by atoms with Crippen LogP contribution in [-0.4, -0.2) is 43.7 Å². The molecule has 7 heteroatoms. The molecule has 2 aliphatic rings. The van der Waals surface area contributed by atoms with Crippen molar-refractivity contribution in [2.24, 2.45) is 0 Å². The second kappa shape index (κ2) is 9.62. The molecule has 26 heavy (non-hydrogen) atoms. The summed E-state index contributed by atoms with van der Waals surface area (Å²) in [6.45, 7) is 2.72. The normalized spacial score (nSPS) is 24.0. The van der Waals surface area contributed by atoms with Gasteiger partial charge >= 0.3 is 6.03 Å². The molecule has 2 fully saturated rings. The maximum Gasteiger partial charge on any atom is 0.315 e. The standard InChI is InChI=1S/C19H30N4O3/c24-18(20-13-17-7-4-12-26-17)14-23-10-8-16(9-11-23)22-19(25)21-15-5-2-1-3-6-15/h4,7,12,15-16H,1-3,5-6,8-11,13-14H2,(H,20,24)(H2,21,22,25)/p+1. The maximum atomic E-state index is 12.1. The summed E-state index contributed by atoms with van der Waals surface area (Å²) in [6, 6.07) is 4.19. The Labute approximate surface area is 154 Å². The molecule has 3 amide bonds. The van der Waals surface area contributed by atoms with E-state index in [9.17, 15) is 9.59 Å². The third kappa shape index (κ3) is 6.05. The fraction of sp³-hybridized carbons (Fsp3) is 0.684. The van der Waals surface area contributed by atoms with Gasteiger partial charge < -0.3 is 25.3 Å². The second-order valence-corrected chi connectivity index (χ2v) is 7.51. The largest absolute Gasteiger partial charge is 0.467 e. The van der Waals surface area contributed by atoms with Crippen molar-refractivity contribution < 1.29 is 18.9 Å². The summed E-state index contributed by atoms with van der Waals surface area (Å²) in [4.78, 5) is 25.4. The SMILES string of the molecule is O=C(C[NH+]1CCC(NC(=O)NC2CCCCC2)CC1)NCc1ccco1. The number of carbonyl (C=O) groups is 2. The number of quaternary nitrogens is 1. The quantitative estimate of drug-likeness (QED) is 0.596. The molecule has 4 N–H and O–H groups in total. The lowest BCUT2D eigenvalue weighted by Gasteiger charge is -2.30. The fourth-order valence-corrected chi connectivity index (χ4v) is 3.89. The summed E-state index contributed by atoms with van der Waals surface area (Å²) in [5.74, 6) is 0.804. The number of furan rings is 1. The number of hydrogen-bond acceptors (Lipinski definition) is 3. The maximum absolute atomic E-state index is 12.1. The number of likely N-dealkylation sites (tertiary alicyclic amines) is 1. The van der Waals surface area contributed by atoms with Gasteiger partial charge in [-0.3, -0.25) is 4.79 Å². The van der Waals surface area contributed by atoms with Crippen molar-refractivity contribution in [3.63, 3.8) is 0 Å². The molecule has 1 saturated heterocycles. The highest BCUT2D eigenvalue weighted by Gasteiger charge is 2.25. The molecule has 0 atom stereocenters. The summed E-state index contributed by atoms with van der Waals surface area (Å²) in [7, 11) is 0. The second-order valence-electron chi connectivity index (χ2n) is 7.51. The highest BCUT2D eigenvalue weighted by Crippen LogP contribution is 2.17. The van der Waals surface area contributed by atoms with Gasteiger partial charge in [-0.05, 0) is 25.0 Å². The van der Waals surface area contributed by atoms with E-state index < -0.39 is 0 Å². The zero-order valence-electron chi connectivity index (χ0n) is 15.4. The lowest BCUT2D eigenvalue weighted by atomic mass is 9.96. The number of carbonyl (C=O) groups excluding carboxylic acids is 2. The van der Waals surface area contributed by atoms with Crippen molar-refractivity contribution in [3.8, 4) is 0 Å². The Morgan fingerprint density at radius 3 is 2.38 bits per heavy atom. The fourth-order valence-electron chi connectivity index (χ4n) is 3.89. The summed E-state index contributed by atoms with van der Waals surface area (Å²) in [5.41, 5.74) is 0. The van der Waals surface area contributed by atoms with Crippen LogP contribution in [0, 0.1) is 0 Å². The molecule has 0 spiro atoms. The first-order valence-corrected chi connectivity index (χ1v) is 9.89. The average Bonchev–Trinajstić information content (AvgIpc) is 3.16. The van der Waals surface area contributed by atoms with E-state index in [0.29, 0.717) is 19.1 Å². The number of hydrogen-bond donors (Lipinski definition) is 4. The van der Waals surface area contributed by atoms with Crippen LogP contribution in [0.2, 0.25) is 0 Å². The molecule has 0 unspecified atom stereocenters. The van der Waals surface area contributed by atoms with Gasteiger partial charge in [0.25, 0.3) is 5.91 Å². The Kier molecular flexibility index (Phi) is 6.94. The molecule has 0 radical (unpaired) electrons. The molecule has 1 aliphatic carbocycles. The summed E-state index contributed by atoms with van der Waals surface area (Å²) < 4.78 is 5.21. The number of urea groups is 1. The van der Waals surface area contributed by atoms with Crippen LogP contribution >= 0.6 is 0 Å². The number of nitrogens with one attached hydrogen (secondary N) is 4. The Balaban J connectivity index is 1.29. The monoisotopic (exact) mass is 363 g/mol. The third-order valence-corrected chi connectivity index (χ3v) is 5.42. The minimum absolute atomic E-state index is 0.0264. The van der Waals surface area contributed by atoms with Gasteiger partial charge in [0.15, 0.2) is 6.54 Å². The molecule has 0 aromatic carbocycles. The van der Waals surface area contributed by atoms with E-state index in [1.807, 2.05) is 12.1 Å². The third-order valence-electron chi connectivity index (χ3n) is 5.42. The van der Waals surface area contributed by atoms with Gasteiger partial charge in [0.2, 0.25) is 0 Å². The topological polar surface area (TPSA) is 87.8 Å². The van der Waals surface area contributed by atoms with E-state index in [1.54, 1.807) is 6.26 Å². The minimum Gasteiger partial charge on any atom is -0.467 e. The summed E-state index contributed by atoms with van der Waals surface area (Å²) in [5, 5.41) is 9.11. The first-order chi connectivity index (χ1) is 12.7. The van der Waals surface area contributed by atoms with Crippen molar-refractivity contribution in [3.05, 3.63) is 24.2 Å². The Bertz CT molecular complexity index is 561. The van der Waals surface area contributed by atoms with Crippen LogP contribution in [0.1, 0.15) is 50.7 Å². The van der Waals surface area contributed by atoms with Crippen molar-refractivity contribution >= 4 is 11.9 Å². The highest BCUT2D eigenvalue weighted by atomic mass is 16.3. The highest BCUT2D eigenvalue weighted by molar-refractivity contribution is 5.76. The molecular weight excluding hydrogens is 332 g/mol. The van der Waals surface area contributed by atoms with Crippen LogP contribution in [0.25, 0.3) is 0 Å². The molecule has 3 rings (SSSR count). The lowest BCUT2D eigenvalue weighted by Crippen LogP contribution is -3.14. The smallest absolute Gasteiger partial charge is 0.315 e. The molecule has 1 aliphatic heterocycles. The summed E-state index contributed by atoms with van der Waals surface area (Å²) >= 11 is 0. The Morgan fingerprint density at radius 1 is 1.04 bits per heavy atom. The first-order valence-electron chi connectivity index (χ1n) is 9.89. The van der Waals surface area contributed by atoms with Crippen LogP contribution in [-0.2, 0) is 11.3 Å². The number of amides is 3. The van der Waals surface area contributed by atoms with Crippen molar-refractivity contribution in [1.82, 2.24) is 16.0 Å². The van der Waals surface area contributed by atoms with Gasteiger partial charge in [0.05, 0.1) is 25.9 Å². The summed E-state index contributed by atoms with van der Waals surface area (Å²) in [6.07, 6.45) is 9.36. The van der Waals surface area contributed by atoms with Gasteiger partial charge in [0.1, 0.15) is 5.76 Å². The molecule has 1 saturated carbocycles. The zero-order valence-corrected chi connectivity index (χ0v) is 15.4. The van der Waals surface area contributed by atoms with E-state index in [-0.39, 0.29) is 18.0 Å². The van der Waals surface area contributed by atoms with Crippen molar-refractivity contribution in [1.29, 1.82) is 0 Å². The van der Waals surface area contributed by atoms with Crippen molar-refractivity contribution in [2.45, 2.75) is 63.6 Å². The molecule has 1 aromatic heterocycles. The molecule has 2 heterocycles. The van der Waals surface area contributed by atoms with E-state index in [1.165, 1.54) is 24.2 Å². The van der Waals surface area contributed by atoms with Gasteiger partial charge in [-0.25, -0.2) is 4.79 Å². The van der Waals surface area contributed by atoms with E-state index in [0.717, 1.165) is 44.5 Å².